The van der Waals surface area contributed by atoms with Crippen LogP contribution in [0.5, 0.6) is 0 Å². The molecule has 2 unspecified atom stereocenters. The Balaban J connectivity index is 2.16. The Hall–Kier alpha value is -1.95. The predicted octanol–water partition coefficient (Wildman–Crippen LogP) is 1.19. The first-order chi connectivity index (χ1) is 8.09. The number of benzene rings is 1. The Morgan fingerprint density at radius 2 is 2.06 bits per heavy atom. The molecule has 1 aliphatic heterocycles. The number of ether oxygens (including phenoxy) is 1. The molecule has 1 aliphatic rings. The van der Waals surface area contributed by atoms with Crippen molar-refractivity contribution in [1.82, 2.24) is 0 Å². The lowest BCUT2D eigenvalue weighted by Crippen LogP contribution is -2.17. The van der Waals surface area contributed by atoms with Gasteiger partial charge in [-0.1, -0.05) is 0 Å². The van der Waals surface area contributed by atoms with E-state index < -0.39 is 22.9 Å². The number of cyclic esters (lactones) is 1. The standard InChI is InChI=1S/C11H11NO5/c13-10(9-5-6-17-11(9)14)7-1-3-8(4-2-7)12(15)16/h1-4,9-10,13H,5-6H2. The molecule has 0 aromatic heterocycles. The lowest BCUT2D eigenvalue weighted by Gasteiger charge is -2.14. The summed E-state index contributed by atoms with van der Waals surface area (Å²) in [5.41, 5.74) is 0.439. The summed E-state index contributed by atoms with van der Waals surface area (Å²) in [6.45, 7) is 0.313. The van der Waals surface area contributed by atoms with Crippen molar-refractivity contribution in [2.75, 3.05) is 6.61 Å². The molecule has 0 radical (unpaired) electrons. The smallest absolute Gasteiger partial charge is 0.312 e. The minimum absolute atomic E-state index is 0.0463. The zero-order chi connectivity index (χ0) is 12.4. The number of non-ortho nitro benzene ring substituents is 1. The van der Waals surface area contributed by atoms with Gasteiger partial charge in [-0.15, -0.1) is 0 Å². The fraction of sp³-hybridized carbons (Fsp3) is 0.364. The van der Waals surface area contributed by atoms with Crippen LogP contribution in [0.25, 0.3) is 0 Å². The van der Waals surface area contributed by atoms with Gasteiger partial charge in [0.25, 0.3) is 5.69 Å². The Bertz CT molecular complexity index is 442. The van der Waals surface area contributed by atoms with Crippen molar-refractivity contribution in [1.29, 1.82) is 0 Å². The molecule has 0 spiro atoms. The number of nitrogens with zero attached hydrogens (tertiary/aromatic N) is 1. The third-order valence-corrected chi connectivity index (χ3v) is 2.80. The molecule has 1 aromatic rings. The van der Waals surface area contributed by atoms with E-state index in [9.17, 15) is 20.0 Å². The minimum atomic E-state index is -0.967. The van der Waals surface area contributed by atoms with Gasteiger partial charge in [0.2, 0.25) is 0 Å². The summed E-state index contributed by atoms with van der Waals surface area (Å²) in [5, 5.41) is 20.4. The highest BCUT2D eigenvalue weighted by Crippen LogP contribution is 2.30. The van der Waals surface area contributed by atoms with E-state index in [1.807, 2.05) is 0 Å². The molecule has 0 saturated carbocycles. The second kappa shape index (κ2) is 4.50. The van der Waals surface area contributed by atoms with Crippen LogP contribution in [0.2, 0.25) is 0 Å². The van der Waals surface area contributed by atoms with Gasteiger partial charge in [-0.3, -0.25) is 14.9 Å². The van der Waals surface area contributed by atoms with Gasteiger partial charge < -0.3 is 9.84 Å². The van der Waals surface area contributed by atoms with E-state index >= 15 is 0 Å². The quantitative estimate of drug-likeness (QED) is 0.484. The van der Waals surface area contributed by atoms with E-state index in [0.717, 1.165) is 0 Å². The Morgan fingerprint density at radius 3 is 2.53 bits per heavy atom. The number of rotatable bonds is 3. The van der Waals surface area contributed by atoms with Crippen LogP contribution in [-0.4, -0.2) is 22.6 Å². The fourth-order valence-electron chi connectivity index (χ4n) is 1.82. The summed E-state index contributed by atoms with van der Waals surface area (Å²) >= 11 is 0. The zero-order valence-electron chi connectivity index (χ0n) is 8.91. The molecule has 1 heterocycles. The van der Waals surface area contributed by atoms with E-state index in [4.69, 9.17) is 4.74 Å². The van der Waals surface area contributed by atoms with Gasteiger partial charge >= 0.3 is 5.97 Å². The summed E-state index contributed by atoms with van der Waals surface area (Å²) in [7, 11) is 0. The van der Waals surface area contributed by atoms with Gasteiger partial charge in [-0.05, 0) is 24.1 Å². The topological polar surface area (TPSA) is 89.7 Å². The lowest BCUT2D eigenvalue weighted by molar-refractivity contribution is -0.384. The van der Waals surface area contributed by atoms with Crippen molar-refractivity contribution >= 4 is 11.7 Å². The first-order valence-corrected chi connectivity index (χ1v) is 5.18. The number of carbonyl (C=O) groups excluding carboxylic acids is 1. The molecule has 90 valence electrons. The van der Waals surface area contributed by atoms with E-state index in [1.54, 1.807) is 0 Å². The molecular formula is C11H11NO5. The molecule has 1 saturated heterocycles. The number of hydrogen-bond acceptors (Lipinski definition) is 5. The fourth-order valence-corrected chi connectivity index (χ4v) is 1.82. The third-order valence-electron chi connectivity index (χ3n) is 2.80. The van der Waals surface area contributed by atoms with Crippen LogP contribution in [0, 0.1) is 16.0 Å². The minimum Gasteiger partial charge on any atom is -0.465 e. The normalized spacial score (nSPS) is 21.0. The molecular weight excluding hydrogens is 226 g/mol. The van der Waals surface area contributed by atoms with Gasteiger partial charge in [-0.25, -0.2) is 0 Å². The average molecular weight is 237 g/mol. The van der Waals surface area contributed by atoms with Crippen LogP contribution in [0.15, 0.2) is 24.3 Å². The van der Waals surface area contributed by atoms with Crippen LogP contribution < -0.4 is 0 Å². The van der Waals surface area contributed by atoms with Crippen molar-refractivity contribution in [3.05, 3.63) is 39.9 Å². The SMILES string of the molecule is O=C1OCCC1C(O)c1ccc([N+](=O)[O-])cc1. The van der Waals surface area contributed by atoms with Gasteiger partial charge in [0.05, 0.1) is 23.6 Å². The van der Waals surface area contributed by atoms with Crippen LogP contribution in [0.3, 0.4) is 0 Å². The maximum atomic E-state index is 11.3. The van der Waals surface area contributed by atoms with Gasteiger partial charge in [0.1, 0.15) is 0 Å². The maximum absolute atomic E-state index is 11.3. The van der Waals surface area contributed by atoms with Crippen molar-refractivity contribution in [2.24, 2.45) is 5.92 Å². The average Bonchev–Trinajstić information content (AvgIpc) is 2.74. The van der Waals surface area contributed by atoms with Gasteiger partial charge in [0, 0.05) is 12.1 Å². The number of esters is 1. The van der Waals surface area contributed by atoms with E-state index in [2.05, 4.69) is 0 Å². The lowest BCUT2D eigenvalue weighted by atomic mass is 9.94. The summed E-state index contributed by atoms with van der Waals surface area (Å²) < 4.78 is 4.76. The van der Waals surface area contributed by atoms with E-state index in [-0.39, 0.29) is 5.69 Å². The third kappa shape index (κ3) is 2.26. The Labute approximate surface area is 97.0 Å². The Kier molecular flexibility index (Phi) is 3.06. The second-order valence-corrected chi connectivity index (χ2v) is 3.86. The first-order valence-electron chi connectivity index (χ1n) is 5.18. The summed E-state index contributed by atoms with van der Waals surface area (Å²) in [6, 6.07) is 5.51. The molecule has 0 amide bonds. The zero-order valence-corrected chi connectivity index (χ0v) is 8.91. The van der Waals surface area contributed by atoms with Crippen molar-refractivity contribution in [3.8, 4) is 0 Å². The van der Waals surface area contributed by atoms with Crippen LogP contribution in [0.4, 0.5) is 5.69 Å². The predicted molar refractivity (Wildman–Crippen MR) is 57.1 cm³/mol. The highest BCUT2D eigenvalue weighted by molar-refractivity contribution is 5.75. The van der Waals surface area contributed by atoms with Crippen LogP contribution >= 0.6 is 0 Å². The molecule has 1 fully saturated rings. The highest BCUT2D eigenvalue weighted by Gasteiger charge is 2.34. The molecule has 2 atom stereocenters. The van der Waals surface area contributed by atoms with Crippen molar-refractivity contribution < 1.29 is 19.6 Å². The number of aliphatic hydroxyl groups is 1. The van der Waals surface area contributed by atoms with Crippen molar-refractivity contribution in [3.63, 3.8) is 0 Å². The van der Waals surface area contributed by atoms with Gasteiger partial charge in [-0.2, -0.15) is 0 Å². The second-order valence-electron chi connectivity index (χ2n) is 3.86. The molecule has 2 rings (SSSR count). The molecule has 6 nitrogen and oxygen atoms in total. The summed E-state index contributed by atoms with van der Waals surface area (Å²) in [4.78, 5) is 21.2. The molecule has 1 aromatic carbocycles. The maximum Gasteiger partial charge on any atom is 0.312 e. The molecule has 1 N–H and O–H groups in total. The van der Waals surface area contributed by atoms with Crippen LogP contribution in [0.1, 0.15) is 18.1 Å². The monoisotopic (exact) mass is 237 g/mol. The van der Waals surface area contributed by atoms with Gasteiger partial charge in [0.15, 0.2) is 0 Å². The first kappa shape index (κ1) is 11.5. The van der Waals surface area contributed by atoms with Crippen LogP contribution in [-0.2, 0) is 9.53 Å². The number of nitro benzene ring substituents is 1. The number of carbonyl (C=O) groups is 1. The Morgan fingerprint density at radius 1 is 1.41 bits per heavy atom. The summed E-state index contributed by atoms with van der Waals surface area (Å²) in [5.74, 6) is -0.993. The molecule has 0 bridgehead atoms. The number of aliphatic hydroxyl groups excluding tert-OH is 1. The molecule has 6 heteroatoms. The number of hydrogen-bond donors (Lipinski definition) is 1. The largest absolute Gasteiger partial charge is 0.465 e. The highest BCUT2D eigenvalue weighted by atomic mass is 16.6. The van der Waals surface area contributed by atoms with E-state index in [1.165, 1.54) is 24.3 Å². The summed E-state index contributed by atoms with van der Waals surface area (Å²) in [6.07, 6.45) is -0.498. The van der Waals surface area contributed by atoms with Crippen molar-refractivity contribution in [2.45, 2.75) is 12.5 Å². The van der Waals surface area contributed by atoms with E-state index in [0.29, 0.717) is 18.6 Å². The molecule has 0 aliphatic carbocycles. The number of nitro groups is 1. The molecule has 17 heavy (non-hydrogen) atoms.